The molecule has 3 heteroatoms. The summed E-state index contributed by atoms with van der Waals surface area (Å²) in [5.41, 5.74) is 7.32. The summed E-state index contributed by atoms with van der Waals surface area (Å²) in [5, 5.41) is 5.15. The summed E-state index contributed by atoms with van der Waals surface area (Å²) in [6, 6.07) is 17.9. The molecule has 0 bridgehead atoms. The fourth-order valence-electron chi connectivity index (χ4n) is 1.69. The minimum atomic E-state index is 0.830. The summed E-state index contributed by atoms with van der Waals surface area (Å²) in [7, 11) is 1.50. The van der Waals surface area contributed by atoms with E-state index in [4.69, 9.17) is 4.52 Å². The number of para-hydroxylation sites is 1. The highest BCUT2D eigenvalue weighted by molar-refractivity contribution is 5.91. The molecule has 0 amide bonds. The molecule has 0 saturated heterocycles. The van der Waals surface area contributed by atoms with Gasteiger partial charge >= 0.3 is 0 Å². The Bertz CT molecular complexity index is 630. The van der Waals surface area contributed by atoms with E-state index in [1.807, 2.05) is 61.5 Å². The van der Waals surface area contributed by atoms with Gasteiger partial charge in [-0.1, -0.05) is 53.7 Å². The second-order valence-electron chi connectivity index (χ2n) is 3.80. The number of fused-ring (bicyclic) bond motifs is 1. The molecule has 1 heterocycles. The fraction of sp³-hybridized carbons (Fsp3) is 0.118. The quantitative estimate of drug-likeness (QED) is 0.671. The van der Waals surface area contributed by atoms with Crippen molar-refractivity contribution in [2.75, 3.05) is 7.05 Å². The zero-order chi connectivity index (χ0) is 14.8. The summed E-state index contributed by atoms with van der Waals surface area (Å²) in [6.45, 7) is 5.25. The molecule has 20 heavy (non-hydrogen) atoms. The maximum Gasteiger partial charge on any atom is 0.167 e. The van der Waals surface area contributed by atoms with Crippen LogP contribution in [0.3, 0.4) is 0 Å². The Morgan fingerprint density at radius 3 is 2.20 bits per heavy atom. The van der Waals surface area contributed by atoms with Crippen molar-refractivity contribution in [3.8, 4) is 11.3 Å². The third-order valence-electron chi connectivity index (χ3n) is 2.42. The Kier molecular flexibility index (Phi) is 6.79. The van der Waals surface area contributed by atoms with Crippen molar-refractivity contribution in [2.45, 2.75) is 6.92 Å². The van der Waals surface area contributed by atoms with E-state index in [0.717, 1.165) is 22.2 Å². The summed E-state index contributed by atoms with van der Waals surface area (Å²) in [4.78, 5) is 0. The average molecular weight is 268 g/mol. The molecule has 0 saturated carbocycles. The lowest BCUT2D eigenvalue weighted by atomic mass is 10.1. The molecule has 2 aromatic carbocycles. The SMILES string of the molecule is C=CC.CN.c1ccc(-c2noc3ccccc23)cc1. The molecular weight excluding hydrogens is 248 g/mol. The molecule has 2 N–H and O–H groups in total. The molecule has 0 atom stereocenters. The molecule has 3 aromatic rings. The van der Waals surface area contributed by atoms with Gasteiger partial charge in [0.25, 0.3) is 0 Å². The largest absolute Gasteiger partial charge is 0.356 e. The van der Waals surface area contributed by atoms with Crippen molar-refractivity contribution in [1.82, 2.24) is 5.16 Å². The van der Waals surface area contributed by atoms with E-state index < -0.39 is 0 Å². The van der Waals surface area contributed by atoms with Gasteiger partial charge in [-0.15, -0.1) is 6.58 Å². The van der Waals surface area contributed by atoms with E-state index in [2.05, 4.69) is 17.5 Å². The number of hydrogen-bond donors (Lipinski definition) is 1. The number of hydrogen-bond acceptors (Lipinski definition) is 3. The lowest BCUT2D eigenvalue weighted by Crippen LogP contribution is -1.76. The smallest absolute Gasteiger partial charge is 0.167 e. The Morgan fingerprint density at radius 1 is 1.00 bits per heavy atom. The van der Waals surface area contributed by atoms with Gasteiger partial charge in [-0.25, -0.2) is 0 Å². The maximum atomic E-state index is 5.25. The molecule has 3 nitrogen and oxygen atoms in total. The lowest BCUT2D eigenvalue weighted by Gasteiger charge is -1.94. The van der Waals surface area contributed by atoms with Crippen LogP contribution in [0.4, 0.5) is 0 Å². The predicted molar refractivity (Wildman–Crippen MR) is 85.4 cm³/mol. The van der Waals surface area contributed by atoms with Gasteiger partial charge in [0, 0.05) is 10.9 Å². The molecule has 1 aromatic heterocycles. The number of rotatable bonds is 1. The molecule has 0 spiro atoms. The Balaban J connectivity index is 0.000000357. The first kappa shape index (κ1) is 15.7. The normalized spacial score (nSPS) is 8.95. The van der Waals surface area contributed by atoms with Crippen molar-refractivity contribution in [1.29, 1.82) is 0 Å². The molecule has 0 radical (unpaired) electrons. The number of allylic oxidation sites excluding steroid dienone is 1. The molecule has 3 rings (SSSR count). The first-order valence-corrected chi connectivity index (χ1v) is 6.41. The van der Waals surface area contributed by atoms with Crippen LogP contribution >= 0.6 is 0 Å². The van der Waals surface area contributed by atoms with Crippen molar-refractivity contribution in [2.24, 2.45) is 5.73 Å². The fourth-order valence-corrected chi connectivity index (χ4v) is 1.69. The van der Waals surface area contributed by atoms with E-state index in [1.165, 1.54) is 7.05 Å². The maximum absolute atomic E-state index is 5.25. The van der Waals surface area contributed by atoms with E-state index >= 15 is 0 Å². The van der Waals surface area contributed by atoms with E-state index in [0.29, 0.717) is 0 Å². The van der Waals surface area contributed by atoms with Crippen LogP contribution in [0.25, 0.3) is 22.2 Å². The zero-order valence-electron chi connectivity index (χ0n) is 11.9. The van der Waals surface area contributed by atoms with Gasteiger partial charge in [0.15, 0.2) is 5.58 Å². The van der Waals surface area contributed by atoms with Crippen LogP contribution in [0.15, 0.2) is 71.8 Å². The Labute approximate surface area is 119 Å². The molecule has 0 aliphatic carbocycles. The summed E-state index contributed by atoms with van der Waals surface area (Å²) in [6.07, 6.45) is 1.75. The molecule has 0 aliphatic rings. The molecule has 104 valence electrons. The van der Waals surface area contributed by atoms with Crippen LogP contribution in [-0.2, 0) is 0 Å². The summed E-state index contributed by atoms with van der Waals surface area (Å²) in [5.74, 6) is 0. The van der Waals surface area contributed by atoms with Crippen molar-refractivity contribution >= 4 is 11.0 Å². The molecular formula is C17H20N2O. The van der Waals surface area contributed by atoms with Crippen LogP contribution in [0.2, 0.25) is 0 Å². The Morgan fingerprint density at radius 2 is 1.55 bits per heavy atom. The van der Waals surface area contributed by atoms with Crippen LogP contribution in [0.5, 0.6) is 0 Å². The first-order chi connectivity index (χ1) is 9.86. The van der Waals surface area contributed by atoms with Gasteiger partial charge in [0.1, 0.15) is 5.69 Å². The molecule has 0 fully saturated rings. The van der Waals surface area contributed by atoms with Gasteiger partial charge in [0.2, 0.25) is 0 Å². The highest BCUT2D eigenvalue weighted by Crippen LogP contribution is 2.26. The van der Waals surface area contributed by atoms with E-state index in [-0.39, 0.29) is 0 Å². The number of nitrogens with zero attached hydrogens (tertiary/aromatic N) is 1. The standard InChI is InChI=1S/C13H9NO.C3H6.CH5N/c1-2-6-10(7-3-1)13-11-8-4-5-9-12(11)15-14-13;1-3-2;1-2/h1-9H;3H,1H2,2H3;2H2,1H3. The zero-order valence-corrected chi connectivity index (χ0v) is 11.9. The number of nitrogens with two attached hydrogens (primary N) is 1. The highest BCUT2D eigenvalue weighted by Gasteiger charge is 2.08. The molecule has 0 aliphatic heterocycles. The second kappa shape index (κ2) is 8.67. The second-order valence-corrected chi connectivity index (χ2v) is 3.80. The third kappa shape index (κ3) is 3.80. The monoisotopic (exact) mass is 268 g/mol. The lowest BCUT2D eigenvalue weighted by molar-refractivity contribution is 0.459. The minimum Gasteiger partial charge on any atom is -0.356 e. The number of aromatic nitrogens is 1. The highest BCUT2D eigenvalue weighted by atomic mass is 16.5. The van der Waals surface area contributed by atoms with Crippen LogP contribution in [-0.4, -0.2) is 12.2 Å². The van der Waals surface area contributed by atoms with Gasteiger partial charge in [-0.2, -0.15) is 0 Å². The van der Waals surface area contributed by atoms with Crippen molar-refractivity contribution < 1.29 is 4.52 Å². The van der Waals surface area contributed by atoms with E-state index in [9.17, 15) is 0 Å². The minimum absolute atomic E-state index is 0.830. The van der Waals surface area contributed by atoms with Crippen molar-refractivity contribution in [3.05, 3.63) is 67.3 Å². The summed E-state index contributed by atoms with van der Waals surface area (Å²) < 4.78 is 5.25. The van der Waals surface area contributed by atoms with Crippen LogP contribution < -0.4 is 5.73 Å². The van der Waals surface area contributed by atoms with Crippen molar-refractivity contribution in [3.63, 3.8) is 0 Å². The number of benzene rings is 2. The topological polar surface area (TPSA) is 52.0 Å². The van der Waals surface area contributed by atoms with Crippen LogP contribution in [0, 0.1) is 0 Å². The third-order valence-corrected chi connectivity index (χ3v) is 2.42. The van der Waals surface area contributed by atoms with Gasteiger partial charge in [-0.05, 0) is 26.1 Å². The predicted octanol–water partition coefficient (Wildman–Crippen LogP) is 4.26. The van der Waals surface area contributed by atoms with Gasteiger partial charge in [0.05, 0.1) is 0 Å². The van der Waals surface area contributed by atoms with Gasteiger partial charge in [-0.3, -0.25) is 0 Å². The Hall–Kier alpha value is -2.39. The summed E-state index contributed by atoms with van der Waals surface area (Å²) >= 11 is 0. The van der Waals surface area contributed by atoms with Gasteiger partial charge < -0.3 is 10.3 Å². The first-order valence-electron chi connectivity index (χ1n) is 6.41. The molecule has 0 unspecified atom stereocenters. The van der Waals surface area contributed by atoms with Crippen LogP contribution in [0.1, 0.15) is 6.92 Å². The van der Waals surface area contributed by atoms with E-state index in [1.54, 1.807) is 6.08 Å². The average Bonchev–Trinajstić information content (AvgIpc) is 2.95.